The minimum absolute atomic E-state index is 0.179. The van der Waals surface area contributed by atoms with E-state index in [1.165, 1.54) is 4.80 Å². The minimum Gasteiger partial charge on any atom is -0.309 e. The highest BCUT2D eigenvalue weighted by atomic mass is 19.1. The van der Waals surface area contributed by atoms with Crippen LogP contribution in [0.4, 0.5) is 4.39 Å². The third-order valence-electron chi connectivity index (χ3n) is 1.72. The first-order valence-electron chi connectivity index (χ1n) is 3.35. The van der Waals surface area contributed by atoms with Gasteiger partial charge >= 0.3 is 0 Å². The van der Waals surface area contributed by atoms with Crippen molar-refractivity contribution >= 4 is 0 Å². The molecule has 60 valence electrons. The third-order valence-corrected chi connectivity index (χ3v) is 1.72. The SMILES string of the molecule is Cn1nnc(C2(F)CNC2)n1. The smallest absolute Gasteiger partial charge is 0.214 e. The number of nitrogens with one attached hydrogen (secondary N) is 1. The van der Waals surface area contributed by atoms with Crippen LogP contribution >= 0.6 is 0 Å². The van der Waals surface area contributed by atoms with E-state index in [2.05, 4.69) is 20.7 Å². The van der Waals surface area contributed by atoms with E-state index in [0.717, 1.165) is 0 Å². The van der Waals surface area contributed by atoms with Gasteiger partial charge in [0.1, 0.15) is 0 Å². The molecule has 2 rings (SSSR count). The fourth-order valence-electron chi connectivity index (χ4n) is 0.966. The lowest BCUT2D eigenvalue weighted by molar-refractivity contribution is 0.0783. The number of aryl methyl sites for hydroxylation is 1. The number of alkyl halides is 1. The number of halogens is 1. The first-order valence-corrected chi connectivity index (χ1v) is 3.35. The van der Waals surface area contributed by atoms with Crippen LogP contribution in [0.1, 0.15) is 5.82 Å². The van der Waals surface area contributed by atoms with Gasteiger partial charge in [0.05, 0.1) is 7.05 Å². The predicted octanol–water partition coefficient (Wildman–Crippen LogP) is -1.02. The van der Waals surface area contributed by atoms with Crippen molar-refractivity contribution in [3.8, 4) is 0 Å². The fraction of sp³-hybridized carbons (Fsp3) is 0.800. The van der Waals surface area contributed by atoms with Crippen LogP contribution in [0.5, 0.6) is 0 Å². The van der Waals surface area contributed by atoms with E-state index in [-0.39, 0.29) is 5.82 Å². The van der Waals surface area contributed by atoms with Crippen molar-refractivity contribution in [2.24, 2.45) is 7.05 Å². The zero-order valence-electron chi connectivity index (χ0n) is 6.08. The molecule has 1 aromatic rings. The molecule has 0 aromatic carbocycles. The highest BCUT2D eigenvalue weighted by Crippen LogP contribution is 2.25. The molecule has 0 spiro atoms. The molecular weight excluding hydrogens is 149 g/mol. The van der Waals surface area contributed by atoms with Gasteiger partial charge in [0, 0.05) is 13.1 Å². The van der Waals surface area contributed by atoms with Crippen molar-refractivity contribution in [3.63, 3.8) is 0 Å². The number of hydrogen-bond acceptors (Lipinski definition) is 4. The van der Waals surface area contributed by atoms with E-state index in [1.807, 2.05) is 0 Å². The molecule has 11 heavy (non-hydrogen) atoms. The number of hydrogen-bond donors (Lipinski definition) is 1. The van der Waals surface area contributed by atoms with E-state index in [4.69, 9.17) is 0 Å². The summed E-state index contributed by atoms with van der Waals surface area (Å²) in [6, 6.07) is 0. The van der Waals surface area contributed by atoms with Gasteiger partial charge in [0.15, 0.2) is 5.67 Å². The van der Waals surface area contributed by atoms with E-state index in [9.17, 15) is 4.39 Å². The minimum atomic E-state index is -1.38. The summed E-state index contributed by atoms with van der Waals surface area (Å²) in [5.41, 5.74) is -1.38. The molecular formula is C5H8FN5. The lowest BCUT2D eigenvalue weighted by Gasteiger charge is -2.31. The Labute approximate surface area is 62.6 Å². The van der Waals surface area contributed by atoms with E-state index >= 15 is 0 Å². The molecule has 2 heterocycles. The quantitative estimate of drug-likeness (QED) is 0.566. The van der Waals surface area contributed by atoms with Crippen molar-refractivity contribution in [3.05, 3.63) is 5.82 Å². The summed E-state index contributed by atoms with van der Waals surface area (Å²) in [7, 11) is 1.62. The second-order valence-electron chi connectivity index (χ2n) is 2.67. The highest BCUT2D eigenvalue weighted by molar-refractivity contribution is 5.06. The summed E-state index contributed by atoms with van der Waals surface area (Å²) in [6.45, 7) is 0.581. The number of aromatic nitrogens is 4. The molecule has 0 amide bonds. The molecule has 1 N–H and O–H groups in total. The van der Waals surface area contributed by atoms with Gasteiger partial charge in [-0.15, -0.1) is 10.2 Å². The largest absolute Gasteiger partial charge is 0.309 e. The maximum absolute atomic E-state index is 13.4. The Morgan fingerprint density at radius 1 is 1.64 bits per heavy atom. The normalized spacial score (nSPS) is 21.3. The maximum Gasteiger partial charge on any atom is 0.214 e. The van der Waals surface area contributed by atoms with E-state index < -0.39 is 5.67 Å². The molecule has 0 unspecified atom stereocenters. The summed E-state index contributed by atoms with van der Waals surface area (Å²) < 4.78 is 13.4. The lowest BCUT2D eigenvalue weighted by atomic mass is 9.99. The molecule has 5 nitrogen and oxygen atoms in total. The topological polar surface area (TPSA) is 55.6 Å². The molecule has 1 aliphatic heterocycles. The monoisotopic (exact) mass is 157 g/mol. The lowest BCUT2D eigenvalue weighted by Crippen LogP contribution is -2.54. The van der Waals surface area contributed by atoms with Crippen LogP contribution in [0.25, 0.3) is 0 Å². The van der Waals surface area contributed by atoms with Crippen LogP contribution in [0.2, 0.25) is 0 Å². The first-order chi connectivity index (χ1) is 5.21. The standard InChI is InChI=1S/C5H8FN5/c1-11-9-4(8-10-11)5(6)2-7-3-5/h7H,2-3H2,1H3. The zero-order chi connectivity index (χ0) is 7.90. The Morgan fingerprint density at radius 2 is 2.36 bits per heavy atom. The van der Waals surface area contributed by atoms with Gasteiger partial charge in [-0.05, 0) is 5.21 Å². The number of nitrogens with zero attached hydrogens (tertiary/aromatic N) is 4. The number of tetrazole rings is 1. The molecule has 1 saturated heterocycles. The van der Waals surface area contributed by atoms with Crippen molar-refractivity contribution < 1.29 is 4.39 Å². The Bertz CT molecular complexity index is 266. The molecule has 1 fully saturated rings. The summed E-state index contributed by atoms with van der Waals surface area (Å²) in [5, 5.41) is 13.8. The first kappa shape index (κ1) is 6.66. The van der Waals surface area contributed by atoms with Crippen molar-refractivity contribution in [1.82, 2.24) is 25.5 Å². The Kier molecular flexibility index (Phi) is 1.19. The van der Waals surface area contributed by atoms with Gasteiger partial charge in [-0.2, -0.15) is 4.80 Å². The number of rotatable bonds is 1. The van der Waals surface area contributed by atoms with Gasteiger partial charge in [-0.3, -0.25) is 0 Å². The predicted molar refractivity (Wildman–Crippen MR) is 34.5 cm³/mol. The summed E-state index contributed by atoms with van der Waals surface area (Å²) in [6.07, 6.45) is 0. The van der Waals surface area contributed by atoms with Crippen molar-refractivity contribution in [2.45, 2.75) is 5.67 Å². The molecule has 6 heteroatoms. The molecule has 0 atom stereocenters. The van der Waals surface area contributed by atoms with Crippen LogP contribution < -0.4 is 5.32 Å². The second-order valence-corrected chi connectivity index (χ2v) is 2.67. The van der Waals surface area contributed by atoms with Crippen LogP contribution in [0.3, 0.4) is 0 Å². The highest BCUT2D eigenvalue weighted by Gasteiger charge is 2.43. The molecule has 1 aromatic heterocycles. The van der Waals surface area contributed by atoms with Crippen LogP contribution in [0.15, 0.2) is 0 Å². The Balaban J connectivity index is 2.28. The van der Waals surface area contributed by atoms with Crippen molar-refractivity contribution in [2.75, 3.05) is 13.1 Å². The van der Waals surface area contributed by atoms with Crippen LogP contribution in [-0.4, -0.2) is 33.3 Å². The molecule has 1 aliphatic rings. The third kappa shape index (κ3) is 0.900. The maximum atomic E-state index is 13.4. The van der Waals surface area contributed by atoms with Crippen LogP contribution in [-0.2, 0) is 12.7 Å². The van der Waals surface area contributed by atoms with E-state index in [0.29, 0.717) is 13.1 Å². The van der Waals surface area contributed by atoms with Crippen molar-refractivity contribution in [1.29, 1.82) is 0 Å². The Hall–Kier alpha value is -1.04. The summed E-state index contributed by atoms with van der Waals surface area (Å²) in [4.78, 5) is 1.26. The average Bonchev–Trinajstić information content (AvgIpc) is 2.31. The van der Waals surface area contributed by atoms with Gasteiger partial charge in [0.25, 0.3) is 0 Å². The molecule has 0 saturated carbocycles. The molecule has 0 bridgehead atoms. The van der Waals surface area contributed by atoms with E-state index in [1.54, 1.807) is 7.05 Å². The summed E-state index contributed by atoms with van der Waals surface area (Å²) >= 11 is 0. The van der Waals surface area contributed by atoms with Gasteiger partial charge in [-0.25, -0.2) is 4.39 Å². The van der Waals surface area contributed by atoms with Gasteiger partial charge < -0.3 is 5.32 Å². The van der Waals surface area contributed by atoms with Crippen LogP contribution in [0, 0.1) is 0 Å². The fourth-order valence-corrected chi connectivity index (χ4v) is 0.966. The second kappa shape index (κ2) is 1.97. The molecule has 0 aliphatic carbocycles. The zero-order valence-corrected chi connectivity index (χ0v) is 6.08. The van der Waals surface area contributed by atoms with Gasteiger partial charge in [0.2, 0.25) is 5.82 Å². The molecule has 0 radical (unpaired) electrons. The average molecular weight is 157 g/mol. The Morgan fingerprint density at radius 3 is 2.73 bits per heavy atom. The summed E-state index contributed by atoms with van der Waals surface area (Å²) in [5.74, 6) is 0.179. The van der Waals surface area contributed by atoms with Gasteiger partial charge in [-0.1, -0.05) is 0 Å².